The lowest BCUT2D eigenvalue weighted by atomic mass is 10.1. The molecule has 0 radical (unpaired) electrons. The van der Waals surface area contributed by atoms with Crippen molar-refractivity contribution in [3.8, 4) is 5.75 Å². The van der Waals surface area contributed by atoms with Crippen molar-refractivity contribution in [1.29, 1.82) is 0 Å². The molecule has 2 heterocycles. The summed E-state index contributed by atoms with van der Waals surface area (Å²) in [5.41, 5.74) is -0.743. The highest BCUT2D eigenvalue weighted by atomic mass is 16.6. The van der Waals surface area contributed by atoms with Gasteiger partial charge in [0.15, 0.2) is 11.4 Å². The standard InChI is InChI=1S/C18H17N5O7/c1-10-4-5-11(22(26)27)8-12(10)19-15(24)9-21-16-13(30-18(2,3)17(21)25)6-7-14(20-16)23(28)29/h4-8H,9H2,1-3H3,(H,19,24). The lowest BCUT2D eigenvalue weighted by Gasteiger charge is -2.35. The van der Waals surface area contributed by atoms with E-state index >= 15 is 0 Å². The topological polar surface area (TPSA) is 158 Å². The van der Waals surface area contributed by atoms with Crippen LogP contribution in [0.1, 0.15) is 19.4 Å². The molecule has 0 unspecified atom stereocenters. The first-order chi connectivity index (χ1) is 14.0. The highest BCUT2D eigenvalue weighted by molar-refractivity contribution is 6.07. The number of aromatic nitrogens is 1. The second-order valence-electron chi connectivity index (χ2n) is 7.06. The summed E-state index contributed by atoms with van der Waals surface area (Å²) in [6.45, 7) is 4.13. The summed E-state index contributed by atoms with van der Waals surface area (Å²) in [7, 11) is 0. The van der Waals surface area contributed by atoms with E-state index in [2.05, 4.69) is 10.3 Å². The second-order valence-corrected chi connectivity index (χ2v) is 7.06. The Kier molecular flexibility index (Phi) is 5.08. The minimum absolute atomic E-state index is 0.115. The highest BCUT2D eigenvalue weighted by Crippen LogP contribution is 2.37. The Balaban J connectivity index is 1.92. The van der Waals surface area contributed by atoms with Gasteiger partial charge in [0.2, 0.25) is 5.91 Å². The van der Waals surface area contributed by atoms with Crippen LogP contribution in [0.2, 0.25) is 0 Å². The summed E-state index contributed by atoms with van der Waals surface area (Å²) in [6.07, 6.45) is 0. The van der Waals surface area contributed by atoms with Crippen molar-refractivity contribution < 1.29 is 24.2 Å². The minimum atomic E-state index is -1.33. The molecule has 1 N–H and O–H groups in total. The number of non-ortho nitro benzene ring substituents is 1. The first-order valence-corrected chi connectivity index (χ1v) is 8.71. The Morgan fingerprint density at radius 2 is 1.90 bits per heavy atom. The van der Waals surface area contributed by atoms with Crippen molar-refractivity contribution in [2.24, 2.45) is 0 Å². The van der Waals surface area contributed by atoms with E-state index in [1.165, 1.54) is 38.1 Å². The van der Waals surface area contributed by atoms with E-state index in [1.807, 2.05) is 0 Å². The number of anilines is 2. The maximum absolute atomic E-state index is 12.8. The van der Waals surface area contributed by atoms with Crippen LogP contribution in [0.5, 0.6) is 5.75 Å². The summed E-state index contributed by atoms with van der Waals surface area (Å²) < 4.78 is 5.57. The Labute approximate surface area is 169 Å². The first-order valence-electron chi connectivity index (χ1n) is 8.71. The Morgan fingerprint density at radius 1 is 1.20 bits per heavy atom. The van der Waals surface area contributed by atoms with Crippen molar-refractivity contribution in [3.05, 3.63) is 56.1 Å². The van der Waals surface area contributed by atoms with Crippen molar-refractivity contribution in [2.45, 2.75) is 26.4 Å². The average molecular weight is 415 g/mol. The van der Waals surface area contributed by atoms with Gasteiger partial charge in [-0.3, -0.25) is 24.6 Å². The number of nitrogens with zero attached hydrogens (tertiary/aromatic N) is 4. The number of ether oxygens (including phenoxy) is 1. The molecular formula is C18H17N5O7. The first kappa shape index (κ1) is 20.6. The molecule has 0 bridgehead atoms. The third kappa shape index (κ3) is 3.87. The number of benzene rings is 1. The molecule has 30 heavy (non-hydrogen) atoms. The number of aryl methyl sites for hydroxylation is 1. The quantitative estimate of drug-likeness (QED) is 0.575. The van der Waals surface area contributed by atoms with Gasteiger partial charge in [0.1, 0.15) is 6.54 Å². The van der Waals surface area contributed by atoms with Gasteiger partial charge in [0.05, 0.1) is 10.6 Å². The third-order valence-corrected chi connectivity index (χ3v) is 4.40. The monoisotopic (exact) mass is 415 g/mol. The van der Waals surface area contributed by atoms with Crippen molar-refractivity contribution >= 4 is 34.8 Å². The number of nitro benzene ring substituents is 1. The summed E-state index contributed by atoms with van der Waals surface area (Å²) >= 11 is 0. The number of hydrogen-bond acceptors (Lipinski definition) is 8. The van der Waals surface area contributed by atoms with Gasteiger partial charge in [-0.05, 0) is 42.3 Å². The molecule has 0 saturated carbocycles. The van der Waals surface area contributed by atoms with Crippen LogP contribution in [0.15, 0.2) is 30.3 Å². The van der Waals surface area contributed by atoms with E-state index in [-0.39, 0.29) is 22.9 Å². The molecule has 12 heteroatoms. The maximum Gasteiger partial charge on any atom is 0.366 e. The van der Waals surface area contributed by atoms with E-state index < -0.39 is 39.6 Å². The fraction of sp³-hybridized carbons (Fsp3) is 0.278. The van der Waals surface area contributed by atoms with Gasteiger partial charge < -0.3 is 20.2 Å². The number of pyridine rings is 1. The molecule has 1 aromatic carbocycles. The molecule has 2 aromatic rings. The number of nitrogens with one attached hydrogen (secondary N) is 1. The van der Waals surface area contributed by atoms with Crippen LogP contribution in [-0.2, 0) is 9.59 Å². The zero-order chi connectivity index (χ0) is 22.2. The lowest BCUT2D eigenvalue weighted by molar-refractivity contribution is -0.389. The van der Waals surface area contributed by atoms with Crippen LogP contribution in [0.3, 0.4) is 0 Å². The Morgan fingerprint density at radius 3 is 2.53 bits per heavy atom. The van der Waals surface area contributed by atoms with Gasteiger partial charge in [-0.2, -0.15) is 0 Å². The predicted molar refractivity (Wildman–Crippen MR) is 104 cm³/mol. The molecule has 0 spiro atoms. The van der Waals surface area contributed by atoms with Crippen molar-refractivity contribution in [3.63, 3.8) is 0 Å². The summed E-state index contributed by atoms with van der Waals surface area (Å²) in [4.78, 5) is 51.0. The number of carbonyl (C=O) groups excluding carboxylic acids is 2. The lowest BCUT2D eigenvalue weighted by Crippen LogP contribution is -2.54. The molecule has 3 rings (SSSR count). The van der Waals surface area contributed by atoms with Crippen LogP contribution in [-0.4, -0.2) is 38.8 Å². The largest absolute Gasteiger partial charge is 0.472 e. The van der Waals surface area contributed by atoms with Crippen LogP contribution in [0.4, 0.5) is 23.0 Å². The van der Waals surface area contributed by atoms with E-state index in [0.29, 0.717) is 5.56 Å². The molecule has 0 aliphatic carbocycles. The average Bonchev–Trinajstić information content (AvgIpc) is 2.66. The van der Waals surface area contributed by atoms with Crippen LogP contribution in [0, 0.1) is 27.2 Å². The minimum Gasteiger partial charge on any atom is -0.472 e. The summed E-state index contributed by atoms with van der Waals surface area (Å²) in [6, 6.07) is 6.43. The molecule has 1 aliphatic rings. The fourth-order valence-corrected chi connectivity index (χ4v) is 2.88. The molecule has 12 nitrogen and oxygen atoms in total. The molecule has 1 aliphatic heterocycles. The fourth-order valence-electron chi connectivity index (χ4n) is 2.88. The smallest absolute Gasteiger partial charge is 0.366 e. The Bertz CT molecular complexity index is 1080. The molecule has 1 aromatic heterocycles. The Hall–Kier alpha value is -4.09. The van der Waals surface area contributed by atoms with Gasteiger partial charge in [0.25, 0.3) is 17.4 Å². The molecule has 2 amide bonds. The normalized spacial score (nSPS) is 14.5. The van der Waals surface area contributed by atoms with Crippen molar-refractivity contribution in [1.82, 2.24) is 4.98 Å². The molecule has 0 atom stereocenters. The number of hydrogen-bond donors (Lipinski definition) is 1. The van der Waals surface area contributed by atoms with Crippen LogP contribution < -0.4 is 15.0 Å². The van der Waals surface area contributed by atoms with Crippen LogP contribution in [0.25, 0.3) is 0 Å². The van der Waals surface area contributed by atoms with Crippen molar-refractivity contribution in [2.75, 3.05) is 16.8 Å². The molecule has 156 valence electrons. The van der Waals surface area contributed by atoms with E-state index in [1.54, 1.807) is 6.92 Å². The number of nitro groups is 2. The van der Waals surface area contributed by atoms with Crippen LogP contribution >= 0.6 is 0 Å². The summed E-state index contributed by atoms with van der Waals surface area (Å²) in [5, 5.41) is 24.6. The van der Waals surface area contributed by atoms with Gasteiger partial charge in [-0.15, -0.1) is 0 Å². The number of fused-ring (bicyclic) bond motifs is 1. The SMILES string of the molecule is Cc1ccc([N+](=O)[O-])cc1NC(=O)CN1C(=O)C(C)(C)Oc2ccc([N+](=O)[O-])nc21. The van der Waals surface area contributed by atoms with E-state index in [4.69, 9.17) is 4.74 Å². The number of carbonyl (C=O) groups is 2. The second kappa shape index (κ2) is 7.39. The zero-order valence-electron chi connectivity index (χ0n) is 16.2. The van der Waals surface area contributed by atoms with Gasteiger partial charge >= 0.3 is 5.82 Å². The molecule has 0 saturated heterocycles. The predicted octanol–water partition coefficient (Wildman–Crippen LogP) is 2.35. The number of rotatable bonds is 5. The highest BCUT2D eigenvalue weighted by Gasteiger charge is 2.45. The van der Waals surface area contributed by atoms with Gasteiger partial charge in [-0.25, -0.2) is 0 Å². The number of amides is 2. The molecule has 0 fully saturated rings. The zero-order valence-corrected chi connectivity index (χ0v) is 16.2. The molecular weight excluding hydrogens is 398 g/mol. The third-order valence-electron chi connectivity index (χ3n) is 4.40. The van der Waals surface area contributed by atoms with E-state index in [9.17, 15) is 29.8 Å². The van der Waals surface area contributed by atoms with E-state index in [0.717, 1.165) is 11.0 Å². The van der Waals surface area contributed by atoms with Gasteiger partial charge in [-0.1, -0.05) is 6.07 Å². The summed E-state index contributed by atoms with van der Waals surface area (Å²) in [5.74, 6) is -1.83. The van der Waals surface area contributed by atoms with Gasteiger partial charge in [0, 0.05) is 18.2 Å². The maximum atomic E-state index is 12.8.